The first-order chi connectivity index (χ1) is 10.5. The summed E-state index contributed by atoms with van der Waals surface area (Å²) < 4.78 is 30.0. The van der Waals surface area contributed by atoms with Crippen molar-refractivity contribution >= 4 is 9.84 Å². The Bertz CT molecular complexity index is 779. The molecule has 0 amide bonds. The van der Waals surface area contributed by atoms with Crippen molar-refractivity contribution in [1.82, 2.24) is 10.1 Å². The summed E-state index contributed by atoms with van der Waals surface area (Å²) in [5, 5.41) is 3.95. The monoisotopic (exact) mass is 321 g/mol. The van der Waals surface area contributed by atoms with Gasteiger partial charge in [0.2, 0.25) is 0 Å². The van der Waals surface area contributed by atoms with Crippen LogP contribution in [-0.4, -0.2) is 24.3 Å². The van der Waals surface area contributed by atoms with Gasteiger partial charge in [-0.25, -0.2) is 8.42 Å². The molecule has 0 saturated heterocycles. The summed E-state index contributed by atoms with van der Waals surface area (Å²) in [5.74, 6) is 0.754. The fourth-order valence-electron chi connectivity index (χ4n) is 2.61. The molecule has 1 aliphatic carbocycles. The molecule has 0 radical (unpaired) electrons. The fourth-order valence-corrected chi connectivity index (χ4v) is 4.14. The van der Waals surface area contributed by atoms with Crippen molar-refractivity contribution in [3.8, 4) is 11.5 Å². The van der Waals surface area contributed by atoms with E-state index in [1.54, 1.807) is 24.3 Å². The van der Waals surface area contributed by atoms with Crippen molar-refractivity contribution in [2.24, 2.45) is 5.73 Å². The number of nitrogens with two attached hydrogens (primary N) is 1. The van der Waals surface area contributed by atoms with Crippen LogP contribution in [0.2, 0.25) is 0 Å². The van der Waals surface area contributed by atoms with E-state index in [2.05, 4.69) is 10.1 Å². The average molecular weight is 321 g/mol. The number of rotatable bonds is 5. The van der Waals surface area contributed by atoms with E-state index >= 15 is 0 Å². The maximum absolute atomic E-state index is 12.4. The molecule has 1 aromatic carbocycles. The topological polar surface area (TPSA) is 99.1 Å². The molecular formula is C15H19N3O3S. The molecule has 0 bridgehead atoms. The minimum Gasteiger partial charge on any atom is -0.334 e. The molecule has 0 aliphatic heterocycles. The quantitative estimate of drug-likeness (QED) is 0.907. The number of hydrogen-bond donors (Lipinski definition) is 1. The van der Waals surface area contributed by atoms with E-state index in [4.69, 9.17) is 10.3 Å². The molecule has 1 aromatic heterocycles. The molecule has 0 spiro atoms. The van der Waals surface area contributed by atoms with E-state index in [1.165, 1.54) is 0 Å². The van der Waals surface area contributed by atoms with Crippen molar-refractivity contribution in [1.29, 1.82) is 0 Å². The predicted molar refractivity (Wildman–Crippen MR) is 81.8 cm³/mol. The fraction of sp³-hybridized carbons (Fsp3) is 0.467. The number of sulfone groups is 1. The second-order valence-corrected chi connectivity index (χ2v) is 7.83. The van der Waals surface area contributed by atoms with Crippen LogP contribution in [0.25, 0.3) is 11.5 Å². The van der Waals surface area contributed by atoms with E-state index in [1.807, 2.05) is 6.92 Å². The molecule has 1 fully saturated rings. The Morgan fingerprint density at radius 3 is 2.68 bits per heavy atom. The molecule has 6 nitrogen and oxygen atoms in total. The first-order valence-electron chi connectivity index (χ1n) is 7.41. The van der Waals surface area contributed by atoms with E-state index in [0.29, 0.717) is 17.8 Å². The molecule has 2 aromatic rings. The van der Waals surface area contributed by atoms with Crippen LogP contribution in [0.1, 0.15) is 38.4 Å². The van der Waals surface area contributed by atoms with E-state index in [-0.39, 0.29) is 16.5 Å². The van der Waals surface area contributed by atoms with Gasteiger partial charge in [-0.05, 0) is 37.8 Å². The summed E-state index contributed by atoms with van der Waals surface area (Å²) in [7, 11) is -3.37. The predicted octanol–water partition coefficient (Wildman–Crippen LogP) is 2.26. The van der Waals surface area contributed by atoms with Crippen LogP contribution in [0.3, 0.4) is 0 Å². The second kappa shape index (κ2) is 5.48. The number of aromatic nitrogens is 2. The van der Waals surface area contributed by atoms with Crippen LogP contribution in [-0.2, 0) is 15.4 Å². The van der Waals surface area contributed by atoms with Gasteiger partial charge in [-0.2, -0.15) is 4.98 Å². The zero-order valence-corrected chi connectivity index (χ0v) is 13.3. The zero-order valence-electron chi connectivity index (χ0n) is 12.4. The Morgan fingerprint density at radius 2 is 2.05 bits per heavy atom. The van der Waals surface area contributed by atoms with Crippen LogP contribution in [0, 0.1) is 0 Å². The Balaban J connectivity index is 2.03. The lowest BCUT2D eigenvalue weighted by Gasteiger charge is -2.34. The van der Waals surface area contributed by atoms with Crippen molar-refractivity contribution in [2.45, 2.75) is 43.0 Å². The zero-order chi connectivity index (χ0) is 15.8. The smallest absolute Gasteiger partial charge is 0.259 e. The second-order valence-electron chi connectivity index (χ2n) is 5.75. The van der Waals surface area contributed by atoms with Crippen molar-refractivity contribution < 1.29 is 12.9 Å². The summed E-state index contributed by atoms with van der Waals surface area (Å²) in [5.41, 5.74) is 6.10. The molecule has 0 unspecified atom stereocenters. The SMILES string of the molecule is CCCS(=O)(=O)c1ccccc1-c1nc(C2(N)CCC2)no1. The van der Waals surface area contributed by atoms with Crippen molar-refractivity contribution in [3.05, 3.63) is 30.1 Å². The standard InChI is InChI=1S/C15H19N3O3S/c1-2-10-22(19,20)12-7-4-3-6-11(12)13-17-14(18-21-13)15(16)8-5-9-15/h3-4,6-7H,2,5,8-10,16H2,1H3. The number of benzene rings is 1. The lowest BCUT2D eigenvalue weighted by atomic mass is 9.77. The van der Waals surface area contributed by atoms with Gasteiger partial charge in [0.05, 0.1) is 21.8 Å². The first kappa shape index (κ1) is 15.2. The summed E-state index contributed by atoms with van der Waals surface area (Å²) >= 11 is 0. The lowest BCUT2D eigenvalue weighted by Crippen LogP contribution is -2.44. The number of nitrogens with zero attached hydrogens (tertiary/aromatic N) is 2. The van der Waals surface area contributed by atoms with E-state index < -0.39 is 15.4 Å². The van der Waals surface area contributed by atoms with Gasteiger partial charge in [0.1, 0.15) is 0 Å². The van der Waals surface area contributed by atoms with Gasteiger partial charge < -0.3 is 10.3 Å². The van der Waals surface area contributed by atoms with Gasteiger partial charge in [-0.1, -0.05) is 24.2 Å². The van der Waals surface area contributed by atoms with Crippen LogP contribution in [0.15, 0.2) is 33.7 Å². The average Bonchev–Trinajstić information content (AvgIpc) is 2.95. The van der Waals surface area contributed by atoms with Crippen molar-refractivity contribution in [3.63, 3.8) is 0 Å². The molecule has 1 saturated carbocycles. The van der Waals surface area contributed by atoms with Gasteiger partial charge in [0.15, 0.2) is 15.7 Å². The van der Waals surface area contributed by atoms with Crippen LogP contribution in [0.4, 0.5) is 0 Å². The highest BCUT2D eigenvalue weighted by atomic mass is 32.2. The molecule has 7 heteroatoms. The molecule has 118 valence electrons. The van der Waals surface area contributed by atoms with Gasteiger partial charge in [0.25, 0.3) is 5.89 Å². The highest BCUT2D eigenvalue weighted by molar-refractivity contribution is 7.91. The Morgan fingerprint density at radius 1 is 1.32 bits per heavy atom. The molecule has 0 atom stereocenters. The Kier molecular flexibility index (Phi) is 3.78. The lowest BCUT2D eigenvalue weighted by molar-refractivity contribution is 0.229. The molecule has 22 heavy (non-hydrogen) atoms. The third-order valence-corrected chi connectivity index (χ3v) is 6.01. The van der Waals surface area contributed by atoms with E-state index in [9.17, 15) is 8.42 Å². The van der Waals surface area contributed by atoms with Gasteiger partial charge in [-0.3, -0.25) is 0 Å². The summed E-state index contributed by atoms with van der Waals surface area (Å²) in [6.45, 7) is 1.83. The largest absolute Gasteiger partial charge is 0.334 e. The molecule has 1 aliphatic rings. The molecule has 3 rings (SSSR count). The maximum Gasteiger partial charge on any atom is 0.259 e. The summed E-state index contributed by atoms with van der Waals surface area (Å²) in [6, 6.07) is 6.71. The summed E-state index contributed by atoms with van der Waals surface area (Å²) in [6.07, 6.45) is 3.24. The Labute approximate surface area is 129 Å². The normalized spacial score (nSPS) is 17.2. The maximum atomic E-state index is 12.4. The van der Waals surface area contributed by atoms with E-state index in [0.717, 1.165) is 19.3 Å². The third kappa shape index (κ3) is 2.55. The minimum atomic E-state index is -3.37. The van der Waals surface area contributed by atoms with Gasteiger partial charge >= 0.3 is 0 Å². The van der Waals surface area contributed by atoms with Crippen LogP contribution in [0.5, 0.6) is 0 Å². The van der Waals surface area contributed by atoms with Crippen LogP contribution >= 0.6 is 0 Å². The minimum absolute atomic E-state index is 0.0891. The van der Waals surface area contributed by atoms with Gasteiger partial charge in [0, 0.05) is 0 Å². The highest BCUT2D eigenvalue weighted by Crippen LogP contribution is 2.38. The number of hydrogen-bond acceptors (Lipinski definition) is 6. The van der Waals surface area contributed by atoms with Crippen LogP contribution < -0.4 is 5.73 Å². The third-order valence-electron chi connectivity index (χ3n) is 4.04. The van der Waals surface area contributed by atoms with Crippen molar-refractivity contribution in [2.75, 3.05) is 5.75 Å². The molecule has 2 N–H and O–H groups in total. The first-order valence-corrected chi connectivity index (χ1v) is 9.07. The molecular weight excluding hydrogens is 302 g/mol. The molecule has 1 heterocycles. The summed E-state index contributed by atoms with van der Waals surface area (Å²) in [4.78, 5) is 4.57. The van der Waals surface area contributed by atoms with Gasteiger partial charge in [-0.15, -0.1) is 0 Å². The highest BCUT2D eigenvalue weighted by Gasteiger charge is 2.39. The Hall–Kier alpha value is -1.73.